The van der Waals surface area contributed by atoms with Crippen LogP contribution in [0.4, 0.5) is 34.1 Å². The third kappa shape index (κ3) is 7.69. The highest BCUT2D eigenvalue weighted by Crippen LogP contribution is 2.56. The molecule has 2 aliphatic heterocycles. The standard InChI is InChI=1S/C71H85BN2O/c1-42(2)47-28-29-67(9,10)51-26-25-46(37-49(47)51)73-58-40-54-53(69(13,14)31-32-70(54,15)16)39-56(58)72-62-59(73)35-45(66(6,7)8)36-60(62)74(57-27-24-44(65(3,4)5)34-48(57)43-22-20-19-21-23-43)63-50-38-52-55(41-61(50)75-64(63)72)71(17,18)33-30-68(52,11)12/h19-27,34-42,47H,28-33H2,1-18H3. The third-order valence-corrected chi connectivity index (χ3v) is 20.0. The van der Waals surface area contributed by atoms with E-state index in [1.165, 1.54) is 119 Å². The molecule has 0 saturated carbocycles. The summed E-state index contributed by atoms with van der Waals surface area (Å²) in [4.78, 5) is 5.42. The molecule has 0 spiro atoms. The number of hydrogen-bond acceptors (Lipinski definition) is 3. The maximum Gasteiger partial charge on any atom is 0.297 e. The van der Waals surface area contributed by atoms with E-state index >= 15 is 0 Å². The molecule has 4 heteroatoms. The normalized spacial score (nSPS) is 20.5. The van der Waals surface area contributed by atoms with Crippen LogP contribution < -0.4 is 26.4 Å². The second-order valence-corrected chi connectivity index (χ2v) is 29.9. The first-order valence-corrected chi connectivity index (χ1v) is 28.9. The first kappa shape index (κ1) is 50.3. The van der Waals surface area contributed by atoms with Crippen LogP contribution in [0, 0.1) is 5.92 Å². The summed E-state index contributed by atoms with van der Waals surface area (Å²) in [6, 6.07) is 41.7. The van der Waals surface area contributed by atoms with Gasteiger partial charge in [0.25, 0.3) is 6.71 Å². The van der Waals surface area contributed by atoms with Crippen molar-refractivity contribution in [3.63, 3.8) is 0 Å². The van der Waals surface area contributed by atoms with E-state index in [1.807, 2.05) is 0 Å². The van der Waals surface area contributed by atoms with Gasteiger partial charge in [-0.05, 0) is 204 Å². The first-order valence-electron chi connectivity index (χ1n) is 28.9. The Kier molecular flexibility index (Phi) is 10.9. The lowest BCUT2D eigenvalue weighted by Crippen LogP contribution is -2.61. The zero-order chi connectivity index (χ0) is 53.5. The van der Waals surface area contributed by atoms with Crippen molar-refractivity contribution in [3.8, 4) is 11.1 Å². The fraction of sp³-hybridized carbons (Fsp3) is 0.465. The molecule has 5 aliphatic rings. The molecule has 0 N–H and O–H groups in total. The van der Waals surface area contributed by atoms with Crippen LogP contribution in [-0.2, 0) is 37.9 Å². The Balaban J connectivity index is 1.26. The summed E-state index contributed by atoms with van der Waals surface area (Å²) in [7, 11) is 0. The zero-order valence-electron chi connectivity index (χ0n) is 49.1. The van der Waals surface area contributed by atoms with Crippen molar-refractivity contribution in [1.29, 1.82) is 0 Å². The van der Waals surface area contributed by atoms with Gasteiger partial charge in [-0.15, -0.1) is 0 Å². The maximum absolute atomic E-state index is 7.85. The molecule has 388 valence electrons. The van der Waals surface area contributed by atoms with Crippen molar-refractivity contribution < 1.29 is 4.42 Å². The maximum atomic E-state index is 7.85. The molecule has 1 unspecified atom stereocenters. The Morgan fingerprint density at radius 3 is 1.68 bits per heavy atom. The molecule has 75 heavy (non-hydrogen) atoms. The topological polar surface area (TPSA) is 19.6 Å². The van der Waals surface area contributed by atoms with Gasteiger partial charge in [-0.3, -0.25) is 0 Å². The lowest BCUT2D eigenvalue weighted by Gasteiger charge is -2.47. The van der Waals surface area contributed by atoms with Gasteiger partial charge in [0.1, 0.15) is 5.58 Å². The van der Waals surface area contributed by atoms with E-state index in [9.17, 15) is 0 Å². The number of fused-ring (bicyclic) bond motifs is 9. The summed E-state index contributed by atoms with van der Waals surface area (Å²) >= 11 is 0. The minimum Gasteiger partial charge on any atom is -0.468 e. The lowest BCUT2D eigenvalue weighted by atomic mass is 9.35. The van der Waals surface area contributed by atoms with Crippen LogP contribution in [0.15, 0.2) is 108 Å². The molecule has 1 aromatic heterocycles. The molecule has 12 rings (SSSR count). The van der Waals surface area contributed by atoms with Gasteiger partial charge >= 0.3 is 0 Å². The third-order valence-electron chi connectivity index (χ3n) is 20.0. The average molecular weight is 993 g/mol. The SMILES string of the molecule is CC(C)C1CCC(C)(C)c2ccc(N3c4cc5c(cc4B4c6oc7cc8c(cc7c6N(c6ccc(C(C)(C)C)cc6-c6ccccc6)c6cc(C(C)(C)C)cc3c64)C(C)(C)CCC8(C)C)C(C)(C)CCC5(C)C)cc21. The van der Waals surface area contributed by atoms with Gasteiger partial charge in [0.05, 0.1) is 17.0 Å². The molecule has 7 aromatic rings. The average Bonchev–Trinajstić information content (AvgIpc) is 3.77. The van der Waals surface area contributed by atoms with E-state index < -0.39 is 0 Å². The molecule has 0 radical (unpaired) electrons. The van der Waals surface area contributed by atoms with Crippen molar-refractivity contribution in [2.45, 2.75) is 207 Å². The van der Waals surface area contributed by atoms with E-state index in [0.717, 1.165) is 36.9 Å². The minimum absolute atomic E-state index is 0.0127. The highest BCUT2D eigenvalue weighted by Gasteiger charge is 2.51. The largest absolute Gasteiger partial charge is 0.468 e. The van der Waals surface area contributed by atoms with Gasteiger partial charge in [0.2, 0.25) is 0 Å². The predicted octanol–water partition coefficient (Wildman–Crippen LogP) is 18.3. The van der Waals surface area contributed by atoms with Crippen LogP contribution in [0.5, 0.6) is 0 Å². The van der Waals surface area contributed by atoms with Crippen LogP contribution in [0.2, 0.25) is 0 Å². The van der Waals surface area contributed by atoms with Crippen molar-refractivity contribution in [1.82, 2.24) is 0 Å². The van der Waals surface area contributed by atoms with Crippen LogP contribution in [0.1, 0.15) is 214 Å². The summed E-state index contributed by atoms with van der Waals surface area (Å²) in [6.07, 6.45) is 7.04. The Hall–Kier alpha value is -5.48. The summed E-state index contributed by atoms with van der Waals surface area (Å²) in [5.41, 5.74) is 26.2. The molecule has 0 saturated heterocycles. The van der Waals surface area contributed by atoms with Gasteiger partial charge in [0.15, 0.2) is 0 Å². The summed E-state index contributed by atoms with van der Waals surface area (Å²) in [5.74, 6) is 1.05. The van der Waals surface area contributed by atoms with E-state index in [4.69, 9.17) is 4.42 Å². The van der Waals surface area contributed by atoms with Gasteiger partial charge < -0.3 is 14.2 Å². The molecule has 6 aromatic carbocycles. The number of nitrogens with zero attached hydrogens (tertiary/aromatic N) is 2. The zero-order valence-corrected chi connectivity index (χ0v) is 49.1. The lowest BCUT2D eigenvalue weighted by molar-refractivity contribution is 0.332. The van der Waals surface area contributed by atoms with Crippen LogP contribution >= 0.6 is 0 Å². The smallest absolute Gasteiger partial charge is 0.297 e. The van der Waals surface area contributed by atoms with Crippen LogP contribution in [0.3, 0.4) is 0 Å². The number of furan rings is 1. The highest BCUT2D eigenvalue weighted by atomic mass is 16.3. The van der Waals surface area contributed by atoms with Crippen molar-refractivity contribution >= 4 is 68.4 Å². The fourth-order valence-electron chi connectivity index (χ4n) is 14.7. The highest BCUT2D eigenvalue weighted by molar-refractivity contribution is 7.00. The molecule has 3 nitrogen and oxygen atoms in total. The van der Waals surface area contributed by atoms with Crippen molar-refractivity contribution in [2.75, 3.05) is 9.80 Å². The van der Waals surface area contributed by atoms with E-state index in [1.54, 1.807) is 0 Å². The van der Waals surface area contributed by atoms with Gasteiger partial charge in [0, 0.05) is 33.7 Å². The number of anilines is 6. The molecule has 3 aliphatic carbocycles. The Labute approximate surface area is 452 Å². The Bertz CT molecular complexity index is 3490. The van der Waals surface area contributed by atoms with Crippen molar-refractivity contribution in [2.24, 2.45) is 5.92 Å². The molecule has 0 fully saturated rings. The van der Waals surface area contributed by atoms with Gasteiger partial charge in [-0.2, -0.15) is 0 Å². The van der Waals surface area contributed by atoms with E-state index in [2.05, 4.69) is 238 Å². The van der Waals surface area contributed by atoms with Gasteiger partial charge in [-0.1, -0.05) is 173 Å². The molecule has 1 atom stereocenters. The van der Waals surface area contributed by atoms with E-state index in [-0.39, 0.29) is 44.6 Å². The number of rotatable bonds is 4. The van der Waals surface area contributed by atoms with Gasteiger partial charge in [-0.25, -0.2) is 0 Å². The Morgan fingerprint density at radius 2 is 1.08 bits per heavy atom. The van der Waals surface area contributed by atoms with E-state index in [0.29, 0.717) is 11.8 Å². The second-order valence-electron chi connectivity index (χ2n) is 29.9. The second kappa shape index (κ2) is 16.3. The fourth-order valence-corrected chi connectivity index (χ4v) is 14.7. The molecule has 3 heterocycles. The minimum atomic E-state index is -0.158. The molecular formula is C71H85BN2O. The monoisotopic (exact) mass is 993 g/mol. The molecular weight excluding hydrogens is 908 g/mol. The molecule has 0 amide bonds. The number of hydrogen-bond donors (Lipinski definition) is 0. The summed E-state index contributed by atoms with van der Waals surface area (Å²) < 4.78 is 7.85. The first-order chi connectivity index (χ1) is 35.0. The summed E-state index contributed by atoms with van der Waals surface area (Å²) in [6.45, 7) is 43.7. The van der Waals surface area contributed by atoms with Crippen LogP contribution in [-0.4, -0.2) is 6.71 Å². The van der Waals surface area contributed by atoms with Crippen LogP contribution in [0.25, 0.3) is 22.1 Å². The summed E-state index contributed by atoms with van der Waals surface area (Å²) in [5, 5.41) is 1.21. The van der Waals surface area contributed by atoms with Crippen molar-refractivity contribution in [3.05, 3.63) is 148 Å². The Morgan fingerprint density at radius 1 is 0.520 bits per heavy atom. The quantitative estimate of drug-likeness (QED) is 0.164. The predicted molar refractivity (Wildman–Crippen MR) is 323 cm³/mol. The molecule has 0 bridgehead atoms. The number of benzene rings is 6.